The molecule has 0 aliphatic heterocycles. The van der Waals surface area contributed by atoms with E-state index in [1.807, 2.05) is 0 Å². The first-order chi connectivity index (χ1) is 7.12. The molecule has 0 aliphatic carbocycles. The van der Waals surface area contributed by atoms with Gasteiger partial charge in [0.05, 0.1) is 0 Å². The number of phosphoric acid groups is 3. The van der Waals surface area contributed by atoms with Gasteiger partial charge in [-0.05, 0) is 0 Å². The molecule has 0 fully saturated rings. The van der Waals surface area contributed by atoms with Gasteiger partial charge >= 0.3 is 32.3 Å². The van der Waals surface area contributed by atoms with Gasteiger partial charge in [0.2, 0.25) is 0 Å². The highest BCUT2D eigenvalue weighted by Gasteiger charge is 2.51. The SMILES string of the molecule is C[Si](OP(=O)(O)O)(OP(=O)(O)O)OP(=O)(O)O. The predicted octanol–water partition coefficient (Wildman–Crippen LogP) is -1.12. The van der Waals surface area contributed by atoms with Crippen LogP contribution in [0.25, 0.3) is 0 Å². The van der Waals surface area contributed by atoms with Crippen LogP contribution in [0.3, 0.4) is 0 Å². The molecule has 0 unspecified atom stereocenters. The van der Waals surface area contributed by atoms with Crippen LogP contribution in [0, 0.1) is 0 Å². The predicted molar refractivity (Wildman–Crippen MR) is 51.0 cm³/mol. The molecule has 0 radical (unpaired) electrons. The molecule has 0 aromatic rings. The quantitative estimate of drug-likeness (QED) is 0.253. The maximum absolute atomic E-state index is 10.5. The summed E-state index contributed by atoms with van der Waals surface area (Å²) in [5.41, 5.74) is 0. The van der Waals surface area contributed by atoms with Crippen molar-refractivity contribution in [2.75, 3.05) is 0 Å². The lowest BCUT2D eigenvalue weighted by Gasteiger charge is -2.25. The van der Waals surface area contributed by atoms with Crippen LogP contribution in [0.15, 0.2) is 0 Å². The van der Waals surface area contributed by atoms with Crippen LogP contribution in [-0.4, -0.2) is 38.2 Å². The molecule has 0 aromatic carbocycles. The molecule has 6 N–H and O–H groups in total. The van der Waals surface area contributed by atoms with E-state index in [4.69, 9.17) is 29.4 Å². The third kappa shape index (κ3) is 10.2. The van der Waals surface area contributed by atoms with Gasteiger partial charge in [-0.2, -0.15) is 0 Å². The van der Waals surface area contributed by atoms with Crippen LogP contribution in [0.4, 0.5) is 0 Å². The molecule has 16 heteroatoms. The smallest absolute Gasteiger partial charge is 0.303 e. The van der Waals surface area contributed by atoms with E-state index in [9.17, 15) is 13.7 Å². The van der Waals surface area contributed by atoms with E-state index >= 15 is 0 Å². The Kier molecular flexibility index (Phi) is 5.44. The second-order valence-corrected chi connectivity index (χ2v) is 9.47. The molecule has 0 atom stereocenters. The normalized spacial score (nSPS) is 15.0. The molecule has 0 heterocycles. The fourth-order valence-electron chi connectivity index (χ4n) is 0.698. The summed E-state index contributed by atoms with van der Waals surface area (Å²) in [7, 11) is -20.9. The van der Waals surface area contributed by atoms with E-state index in [2.05, 4.69) is 12.6 Å². The Hall–Kier alpha value is 0.547. The molecule has 104 valence electrons. The molecule has 0 saturated carbocycles. The fraction of sp³-hybridized carbons (Fsp3) is 1.00. The van der Waals surface area contributed by atoms with Crippen LogP contribution < -0.4 is 0 Å². The zero-order valence-electron chi connectivity index (χ0n) is 7.97. The van der Waals surface area contributed by atoms with Gasteiger partial charge in [0.25, 0.3) is 0 Å². The second kappa shape index (κ2) is 5.27. The Morgan fingerprint density at radius 2 is 0.882 bits per heavy atom. The Balaban J connectivity index is 5.15. The molecule has 0 amide bonds. The lowest BCUT2D eigenvalue weighted by atomic mass is 11.9. The lowest BCUT2D eigenvalue weighted by Crippen LogP contribution is -2.39. The van der Waals surface area contributed by atoms with Crippen LogP contribution in [0.1, 0.15) is 0 Å². The van der Waals surface area contributed by atoms with E-state index in [0.29, 0.717) is 6.55 Å². The second-order valence-electron chi connectivity index (χ2n) is 2.61. The summed E-state index contributed by atoms with van der Waals surface area (Å²) in [4.78, 5) is 50.4. The van der Waals surface area contributed by atoms with E-state index in [0.717, 1.165) is 0 Å². The molecular weight excluding hydrogens is 325 g/mol. The molecule has 12 nitrogen and oxygen atoms in total. The van der Waals surface area contributed by atoms with Crippen molar-refractivity contribution < 1.29 is 55.7 Å². The summed E-state index contributed by atoms with van der Waals surface area (Å²) in [6.07, 6.45) is 0. The van der Waals surface area contributed by atoms with Gasteiger partial charge in [0, 0.05) is 6.55 Å². The minimum absolute atomic E-state index is 0.490. The van der Waals surface area contributed by atoms with Gasteiger partial charge in [-0.1, -0.05) is 0 Å². The number of hydrogen-bond acceptors (Lipinski definition) is 6. The third-order valence-corrected chi connectivity index (χ3v) is 7.69. The first-order valence-electron chi connectivity index (χ1n) is 3.41. The highest BCUT2D eigenvalue weighted by atomic mass is 31.2. The van der Waals surface area contributed by atoms with Crippen LogP contribution in [0.5, 0.6) is 0 Å². The van der Waals surface area contributed by atoms with Gasteiger partial charge in [-0.3, -0.25) is 12.6 Å². The monoisotopic (exact) mass is 334 g/mol. The molecule has 17 heavy (non-hydrogen) atoms. The summed E-state index contributed by atoms with van der Waals surface area (Å²) < 4.78 is 42.6. The van der Waals surface area contributed by atoms with Crippen molar-refractivity contribution >= 4 is 32.3 Å². The van der Waals surface area contributed by atoms with Crippen molar-refractivity contribution in [3.63, 3.8) is 0 Å². The van der Waals surface area contributed by atoms with Crippen molar-refractivity contribution in [1.82, 2.24) is 0 Å². The maximum atomic E-state index is 10.5. The highest BCUT2D eigenvalue weighted by molar-refractivity contribution is 7.52. The van der Waals surface area contributed by atoms with Gasteiger partial charge < -0.3 is 29.4 Å². The number of hydrogen-bond donors (Lipinski definition) is 6. The van der Waals surface area contributed by atoms with E-state index in [-0.39, 0.29) is 0 Å². The molecule has 0 rings (SSSR count). The zero-order valence-corrected chi connectivity index (χ0v) is 11.7. The fourth-order valence-corrected chi connectivity index (χ4v) is 7.18. The van der Waals surface area contributed by atoms with Crippen LogP contribution in [0.2, 0.25) is 6.55 Å². The van der Waals surface area contributed by atoms with Gasteiger partial charge in [0.15, 0.2) is 0 Å². The average molecular weight is 334 g/mol. The Labute approximate surface area is 95.2 Å². The van der Waals surface area contributed by atoms with Crippen LogP contribution >= 0.6 is 23.5 Å². The molecule has 0 aliphatic rings. The minimum Gasteiger partial charge on any atom is -0.303 e. The van der Waals surface area contributed by atoms with Crippen molar-refractivity contribution in [3.8, 4) is 0 Å². The van der Waals surface area contributed by atoms with Gasteiger partial charge in [0.1, 0.15) is 0 Å². The summed E-state index contributed by atoms with van der Waals surface area (Å²) >= 11 is 0. The van der Waals surface area contributed by atoms with E-state index < -0.39 is 32.3 Å². The Bertz CT molecular complexity index is 336. The average Bonchev–Trinajstić information content (AvgIpc) is 1.65. The topological polar surface area (TPSA) is 200 Å². The summed E-state index contributed by atoms with van der Waals surface area (Å²) in [6.45, 7) is 0.490. The first-order valence-corrected chi connectivity index (χ1v) is 10.2. The third-order valence-electron chi connectivity index (χ3n) is 0.854. The molecule has 0 spiro atoms. The number of rotatable bonds is 6. The highest BCUT2D eigenvalue weighted by Crippen LogP contribution is 2.52. The van der Waals surface area contributed by atoms with Crippen molar-refractivity contribution in [3.05, 3.63) is 0 Å². The van der Waals surface area contributed by atoms with Gasteiger partial charge in [-0.15, -0.1) is 0 Å². The molecular formula is CH9O12P3Si. The van der Waals surface area contributed by atoms with Crippen LogP contribution in [-0.2, 0) is 26.3 Å². The lowest BCUT2D eigenvalue weighted by molar-refractivity contribution is 0.162. The molecule has 0 saturated heterocycles. The Morgan fingerprint density at radius 1 is 0.706 bits per heavy atom. The summed E-state index contributed by atoms with van der Waals surface area (Å²) in [5.74, 6) is 0. The first kappa shape index (κ1) is 17.5. The zero-order chi connectivity index (χ0) is 14.1. The molecule has 0 bridgehead atoms. The minimum atomic E-state index is -5.33. The maximum Gasteiger partial charge on any atom is 0.523 e. The van der Waals surface area contributed by atoms with E-state index in [1.165, 1.54) is 0 Å². The van der Waals surface area contributed by atoms with Gasteiger partial charge in [-0.25, -0.2) is 13.7 Å². The standard InChI is InChI=1S/CH9O12P3Si/c1-17(11-14(2,3)4,12-15(5,6)7)13-16(8,9)10/h1H3,(H2,2,3,4)(H2,5,6,7)(H2,8,9,10). The van der Waals surface area contributed by atoms with Crippen molar-refractivity contribution in [2.45, 2.75) is 6.55 Å². The summed E-state index contributed by atoms with van der Waals surface area (Å²) in [6, 6.07) is 0. The summed E-state index contributed by atoms with van der Waals surface area (Å²) in [5, 5.41) is 0. The largest absolute Gasteiger partial charge is 0.523 e. The van der Waals surface area contributed by atoms with Crippen molar-refractivity contribution in [1.29, 1.82) is 0 Å². The van der Waals surface area contributed by atoms with E-state index in [1.54, 1.807) is 0 Å². The Morgan fingerprint density at radius 3 is 1.00 bits per heavy atom. The molecule has 0 aromatic heterocycles. The van der Waals surface area contributed by atoms with Crippen molar-refractivity contribution in [2.24, 2.45) is 0 Å².